The van der Waals surface area contributed by atoms with E-state index in [1.165, 1.54) is 25.7 Å². The van der Waals surface area contributed by atoms with E-state index in [1.807, 2.05) is 43.3 Å². The van der Waals surface area contributed by atoms with E-state index in [2.05, 4.69) is 0 Å². The normalized spacial score (nSPS) is 15.3. The summed E-state index contributed by atoms with van der Waals surface area (Å²) in [6, 6.07) is 15.0. The number of ketones is 1. The molecule has 0 bridgehead atoms. The maximum absolute atomic E-state index is 13.3. The van der Waals surface area contributed by atoms with Crippen LogP contribution in [0.25, 0.3) is 0 Å². The minimum absolute atomic E-state index is 0.0391. The van der Waals surface area contributed by atoms with Crippen LogP contribution in [0.2, 0.25) is 0 Å². The van der Waals surface area contributed by atoms with E-state index in [9.17, 15) is 9.59 Å². The van der Waals surface area contributed by atoms with Crippen molar-refractivity contribution in [1.82, 2.24) is 0 Å². The van der Waals surface area contributed by atoms with Gasteiger partial charge in [0.2, 0.25) is 0 Å². The minimum Gasteiger partial charge on any atom is -0.493 e. The Hall–Kier alpha value is -2.62. The molecule has 2 aromatic carbocycles. The van der Waals surface area contributed by atoms with Crippen LogP contribution in [-0.4, -0.2) is 23.5 Å². The molecule has 0 heterocycles. The Kier molecular flexibility index (Phi) is 6.85. The molecule has 2 aromatic rings. The quantitative estimate of drug-likeness (QED) is 0.592. The number of carbonyl (C=O) groups is 2. The summed E-state index contributed by atoms with van der Waals surface area (Å²) in [5.41, 5.74) is 2.47. The number of hydrogen-bond acceptors (Lipinski definition) is 3. The van der Waals surface area contributed by atoms with Gasteiger partial charge >= 0.3 is 5.97 Å². The molecule has 1 saturated carbocycles. The molecule has 0 radical (unpaired) electrons. The summed E-state index contributed by atoms with van der Waals surface area (Å²) >= 11 is 0. The van der Waals surface area contributed by atoms with Gasteiger partial charge in [-0.25, -0.2) is 0 Å². The molecule has 28 heavy (non-hydrogen) atoms. The van der Waals surface area contributed by atoms with Crippen LogP contribution in [0.4, 0.5) is 0 Å². The van der Waals surface area contributed by atoms with Crippen LogP contribution in [0.5, 0.6) is 5.75 Å². The van der Waals surface area contributed by atoms with Crippen LogP contribution in [-0.2, 0) is 4.79 Å². The highest BCUT2D eigenvalue weighted by Gasteiger charge is 2.24. The first-order valence-electron chi connectivity index (χ1n) is 10.1. The second-order valence-corrected chi connectivity index (χ2v) is 7.70. The van der Waals surface area contributed by atoms with E-state index in [4.69, 9.17) is 9.84 Å². The van der Waals surface area contributed by atoms with E-state index in [0.29, 0.717) is 23.8 Å². The van der Waals surface area contributed by atoms with E-state index >= 15 is 0 Å². The molecule has 0 saturated heterocycles. The molecule has 0 aliphatic heterocycles. The molecule has 0 aromatic heterocycles. The third-order valence-corrected chi connectivity index (χ3v) is 5.61. The highest BCUT2D eigenvalue weighted by molar-refractivity contribution is 6.01. The summed E-state index contributed by atoms with van der Waals surface area (Å²) in [4.78, 5) is 24.4. The topological polar surface area (TPSA) is 63.6 Å². The van der Waals surface area contributed by atoms with E-state index in [0.717, 1.165) is 11.1 Å². The number of ether oxygens (including phenoxy) is 1. The van der Waals surface area contributed by atoms with Crippen molar-refractivity contribution in [3.63, 3.8) is 0 Å². The monoisotopic (exact) mass is 380 g/mol. The Bertz CT molecular complexity index is 821. The Balaban J connectivity index is 1.78. The number of Topliss-reactive ketones (excluding diaryl/α,β-unsaturated/α-hetero) is 1. The Morgan fingerprint density at radius 2 is 1.86 bits per heavy atom. The smallest absolute Gasteiger partial charge is 0.303 e. The van der Waals surface area contributed by atoms with Crippen LogP contribution in [0.1, 0.15) is 65.9 Å². The van der Waals surface area contributed by atoms with Crippen LogP contribution >= 0.6 is 0 Å². The predicted octanol–water partition coefficient (Wildman–Crippen LogP) is 5.40. The highest BCUT2D eigenvalue weighted by Crippen LogP contribution is 2.30. The molecule has 1 atom stereocenters. The molecule has 0 unspecified atom stereocenters. The van der Waals surface area contributed by atoms with Gasteiger partial charge in [0, 0.05) is 17.9 Å². The highest BCUT2D eigenvalue weighted by atomic mass is 16.5. The number of benzene rings is 2. The number of carboxylic acid groups (broad SMARTS) is 1. The number of carboxylic acids is 1. The van der Waals surface area contributed by atoms with Crippen LogP contribution < -0.4 is 4.74 Å². The lowest BCUT2D eigenvalue weighted by Gasteiger charge is -2.18. The van der Waals surface area contributed by atoms with Crippen molar-refractivity contribution in [3.05, 3.63) is 65.2 Å². The third kappa shape index (κ3) is 5.22. The average Bonchev–Trinajstić information content (AvgIpc) is 3.21. The van der Waals surface area contributed by atoms with Gasteiger partial charge < -0.3 is 9.84 Å². The van der Waals surface area contributed by atoms with Crippen molar-refractivity contribution in [2.75, 3.05) is 6.61 Å². The lowest BCUT2D eigenvalue weighted by Crippen LogP contribution is -2.16. The fourth-order valence-corrected chi connectivity index (χ4v) is 4.00. The van der Waals surface area contributed by atoms with Crippen LogP contribution in [0, 0.1) is 12.8 Å². The molecule has 4 heteroatoms. The zero-order valence-electron chi connectivity index (χ0n) is 16.4. The molecule has 1 aliphatic carbocycles. The SMILES string of the molecule is Cc1ccccc1[C@H](CCC(=O)O)C(=O)c1cccc(OCC2CCCC2)c1. The summed E-state index contributed by atoms with van der Waals surface area (Å²) in [7, 11) is 0. The number of rotatable bonds is 9. The zero-order chi connectivity index (χ0) is 19.9. The van der Waals surface area contributed by atoms with Gasteiger partial charge in [0.05, 0.1) is 6.61 Å². The van der Waals surface area contributed by atoms with E-state index in [1.54, 1.807) is 12.1 Å². The Morgan fingerprint density at radius 1 is 1.11 bits per heavy atom. The fourth-order valence-electron chi connectivity index (χ4n) is 4.00. The lowest BCUT2D eigenvalue weighted by atomic mass is 9.85. The predicted molar refractivity (Wildman–Crippen MR) is 109 cm³/mol. The van der Waals surface area contributed by atoms with Crippen molar-refractivity contribution in [1.29, 1.82) is 0 Å². The molecule has 4 nitrogen and oxygen atoms in total. The zero-order valence-corrected chi connectivity index (χ0v) is 16.4. The van der Waals surface area contributed by atoms with E-state index in [-0.39, 0.29) is 18.6 Å². The maximum atomic E-state index is 13.3. The fraction of sp³-hybridized carbons (Fsp3) is 0.417. The van der Waals surface area contributed by atoms with Crippen molar-refractivity contribution in [3.8, 4) is 5.75 Å². The lowest BCUT2D eigenvalue weighted by molar-refractivity contribution is -0.137. The average molecular weight is 380 g/mol. The van der Waals surface area contributed by atoms with Gasteiger partial charge in [0.15, 0.2) is 5.78 Å². The summed E-state index contributed by atoms with van der Waals surface area (Å²) in [6.07, 6.45) is 5.21. The molecule has 0 spiro atoms. The van der Waals surface area contributed by atoms with Gasteiger partial charge in [-0.15, -0.1) is 0 Å². The first-order valence-corrected chi connectivity index (χ1v) is 10.1. The molecule has 0 amide bonds. The van der Waals surface area contributed by atoms with Gasteiger partial charge in [-0.3, -0.25) is 9.59 Å². The van der Waals surface area contributed by atoms with Crippen LogP contribution in [0.15, 0.2) is 48.5 Å². The first-order chi connectivity index (χ1) is 13.5. The third-order valence-electron chi connectivity index (χ3n) is 5.61. The van der Waals surface area contributed by atoms with Gasteiger partial charge in [0.25, 0.3) is 0 Å². The Labute approximate surface area is 166 Å². The number of hydrogen-bond donors (Lipinski definition) is 1. The summed E-state index contributed by atoms with van der Waals surface area (Å²) < 4.78 is 5.94. The summed E-state index contributed by atoms with van der Waals surface area (Å²) in [5.74, 6) is -0.0987. The number of aryl methyl sites for hydroxylation is 1. The van der Waals surface area contributed by atoms with Crippen molar-refractivity contribution in [2.45, 2.75) is 51.4 Å². The van der Waals surface area contributed by atoms with Gasteiger partial charge in [-0.1, -0.05) is 49.2 Å². The second kappa shape index (κ2) is 9.54. The van der Waals surface area contributed by atoms with Crippen LogP contribution in [0.3, 0.4) is 0 Å². The molecular weight excluding hydrogens is 352 g/mol. The van der Waals surface area contributed by atoms with Gasteiger partial charge in [-0.2, -0.15) is 0 Å². The van der Waals surface area contributed by atoms with Crippen molar-refractivity contribution >= 4 is 11.8 Å². The summed E-state index contributed by atoms with van der Waals surface area (Å²) in [5, 5.41) is 9.12. The largest absolute Gasteiger partial charge is 0.493 e. The number of aliphatic carboxylic acids is 1. The molecule has 1 fully saturated rings. The molecule has 1 N–H and O–H groups in total. The van der Waals surface area contributed by atoms with Gasteiger partial charge in [0.1, 0.15) is 5.75 Å². The summed E-state index contributed by atoms with van der Waals surface area (Å²) in [6.45, 7) is 2.65. The molecule has 148 valence electrons. The first kappa shape index (κ1) is 20.1. The molecule has 1 aliphatic rings. The van der Waals surface area contributed by atoms with E-state index < -0.39 is 11.9 Å². The van der Waals surface area contributed by atoms with Gasteiger partial charge in [-0.05, 0) is 55.4 Å². The molecule has 3 rings (SSSR count). The maximum Gasteiger partial charge on any atom is 0.303 e. The number of carbonyl (C=O) groups excluding carboxylic acids is 1. The van der Waals surface area contributed by atoms with Crippen molar-refractivity contribution < 1.29 is 19.4 Å². The minimum atomic E-state index is -0.889. The Morgan fingerprint density at radius 3 is 2.57 bits per heavy atom. The molecular formula is C24H28O4. The second-order valence-electron chi connectivity index (χ2n) is 7.70. The van der Waals surface area contributed by atoms with Crippen molar-refractivity contribution in [2.24, 2.45) is 5.92 Å². The standard InChI is InChI=1S/C24H28O4/c1-17-7-2-5-12-21(17)22(13-14-23(25)26)24(27)19-10-6-11-20(15-19)28-16-18-8-3-4-9-18/h2,5-7,10-12,15,18,22H,3-4,8-9,13-14,16H2,1H3,(H,25,26)/t22-/m0/s1.